The molecular weight excluding hydrogens is 448 g/mol. The molecule has 1 N–H and O–H groups in total. The second kappa shape index (κ2) is 9.61. The van der Waals surface area contributed by atoms with Gasteiger partial charge in [0.05, 0.1) is 36.9 Å². The maximum absolute atomic E-state index is 13.5. The Morgan fingerprint density at radius 3 is 2.29 bits per heavy atom. The molecule has 0 unspecified atom stereocenters. The highest BCUT2D eigenvalue weighted by Crippen LogP contribution is 2.37. The Hall–Kier alpha value is -3.78. The number of nitrogens with zero attached hydrogens (tertiary/aromatic N) is 3. The summed E-state index contributed by atoms with van der Waals surface area (Å²) >= 11 is 1.30. The van der Waals surface area contributed by atoms with Gasteiger partial charge in [-0.1, -0.05) is 48.2 Å². The van der Waals surface area contributed by atoms with E-state index in [1.54, 1.807) is 20.3 Å². The number of benzene rings is 3. The molecule has 0 fully saturated rings. The van der Waals surface area contributed by atoms with Gasteiger partial charge in [-0.25, -0.2) is 4.98 Å². The lowest BCUT2D eigenvalue weighted by Gasteiger charge is -2.24. The van der Waals surface area contributed by atoms with E-state index in [0.717, 1.165) is 29.8 Å². The predicted molar refractivity (Wildman–Crippen MR) is 133 cm³/mol. The maximum Gasteiger partial charge on any atom is 0.242 e. The molecule has 7 nitrogen and oxygen atoms in total. The highest BCUT2D eigenvalue weighted by Gasteiger charge is 2.26. The van der Waals surface area contributed by atoms with E-state index in [0.29, 0.717) is 22.5 Å². The van der Waals surface area contributed by atoms with Gasteiger partial charge in [0, 0.05) is 6.07 Å². The van der Waals surface area contributed by atoms with Crippen LogP contribution in [0.5, 0.6) is 11.5 Å². The number of carbonyl (C=O) groups is 1. The van der Waals surface area contributed by atoms with Crippen molar-refractivity contribution in [3.63, 3.8) is 0 Å². The van der Waals surface area contributed by atoms with Crippen LogP contribution in [0.1, 0.15) is 11.1 Å². The summed E-state index contributed by atoms with van der Waals surface area (Å²) in [4.78, 5) is 19.9. The Kier molecular flexibility index (Phi) is 6.22. The number of ether oxygens (including phenoxy) is 2. The third kappa shape index (κ3) is 4.24. The minimum absolute atomic E-state index is 0.0137. The van der Waals surface area contributed by atoms with Gasteiger partial charge in [0.2, 0.25) is 11.1 Å². The zero-order valence-electron chi connectivity index (χ0n) is 18.9. The molecule has 1 amide bonds. The number of aryl methyl sites for hydroxylation is 2. The number of H-pyrrole nitrogens is 1. The quantitative estimate of drug-likeness (QED) is 0.396. The van der Waals surface area contributed by atoms with Gasteiger partial charge in [-0.15, -0.1) is 5.10 Å². The van der Waals surface area contributed by atoms with E-state index in [4.69, 9.17) is 9.47 Å². The van der Waals surface area contributed by atoms with Crippen molar-refractivity contribution in [3.8, 4) is 22.9 Å². The van der Waals surface area contributed by atoms with Crippen molar-refractivity contribution in [3.05, 3.63) is 77.9 Å². The van der Waals surface area contributed by atoms with E-state index < -0.39 is 0 Å². The average Bonchev–Trinajstić information content (AvgIpc) is 3.29. The minimum Gasteiger partial charge on any atom is -0.497 e. The number of amides is 1. The van der Waals surface area contributed by atoms with E-state index in [1.807, 2.05) is 53.4 Å². The van der Waals surface area contributed by atoms with Crippen LogP contribution in [0.25, 0.3) is 11.4 Å². The van der Waals surface area contributed by atoms with Crippen molar-refractivity contribution in [1.29, 1.82) is 0 Å². The maximum atomic E-state index is 13.5. The van der Waals surface area contributed by atoms with Crippen LogP contribution >= 0.6 is 11.8 Å². The number of nitrogens with one attached hydrogen (secondary N) is 1. The first-order valence-electron chi connectivity index (χ1n) is 10.9. The number of fused-ring (bicyclic) bond motifs is 2. The zero-order chi connectivity index (χ0) is 23.5. The van der Waals surface area contributed by atoms with Crippen molar-refractivity contribution in [1.82, 2.24) is 15.2 Å². The summed E-state index contributed by atoms with van der Waals surface area (Å²) in [5, 5.41) is 7.75. The molecule has 0 saturated heterocycles. The van der Waals surface area contributed by atoms with Crippen molar-refractivity contribution in [2.45, 2.75) is 18.0 Å². The molecule has 5 rings (SSSR count). The summed E-state index contributed by atoms with van der Waals surface area (Å²) in [6.07, 6.45) is 1.80. The number of rotatable bonds is 6. The summed E-state index contributed by atoms with van der Waals surface area (Å²) in [5.41, 5.74) is 4.99. The molecule has 1 aliphatic heterocycles. The first-order valence-corrected chi connectivity index (χ1v) is 11.9. The van der Waals surface area contributed by atoms with Gasteiger partial charge >= 0.3 is 0 Å². The van der Waals surface area contributed by atoms with Crippen LogP contribution in [0.15, 0.2) is 71.9 Å². The molecular formula is C26H24N4O3S. The van der Waals surface area contributed by atoms with Crippen LogP contribution in [0.4, 0.5) is 11.4 Å². The van der Waals surface area contributed by atoms with Gasteiger partial charge in [-0.2, -0.15) is 0 Å². The van der Waals surface area contributed by atoms with Crippen molar-refractivity contribution < 1.29 is 14.3 Å². The summed E-state index contributed by atoms with van der Waals surface area (Å²) < 4.78 is 10.7. The smallest absolute Gasteiger partial charge is 0.242 e. The second-order valence-corrected chi connectivity index (χ2v) is 8.75. The van der Waals surface area contributed by atoms with Crippen LogP contribution in [-0.2, 0) is 17.6 Å². The van der Waals surface area contributed by atoms with Crippen LogP contribution in [0, 0.1) is 0 Å². The van der Waals surface area contributed by atoms with Gasteiger partial charge in [0.15, 0.2) is 5.82 Å². The summed E-state index contributed by atoms with van der Waals surface area (Å²) in [5.74, 6) is 2.08. The molecule has 1 aliphatic rings. The van der Waals surface area contributed by atoms with Gasteiger partial charge in [-0.05, 0) is 48.2 Å². The molecule has 1 aromatic heterocycles. The number of hydrogen-bond donors (Lipinski definition) is 1. The molecule has 0 aliphatic carbocycles. The highest BCUT2D eigenvalue weighted by molar-refractivity contribution is 7.99. The molecule has 0 saturated carbocycles. The standard InChI is InChI=1S/C26H24N4O3S/c1-32-19-13-14-20(23(15-19)33-2)25-27-26(29-28-25)34-16-24(31)30-21-9-5-3-7-17(21)11-12-18-8-4-6-10-22(18)30/h3-10,13-15H,11-12,16H2,1-2H3,(H,27,28,29). The summed E-state index contributed by atoms with van der Waals surface area (Å²) in [6.45, 7) is 0. The number of anilines is 2. The molecule has 8 heteroatoms. The number of hydrogen-bond acceptors (Lipinski definition) is 6. The lowest BCUT2D eigenvalue weighted by molar-refractivity contribution is -0.115. The molecule has 172 valence electrons. The topological polar surface area (TPSA) is 80.3 Å². The predicted octanol–water partition coefficient (Wildman–Crippen LogP) is 5.04. The van der Waals surface area contributed by atoms with E-state index in [9.17, 15) is 4.79 Å². The Balaban J connectivity index is 1.38. The summed E-state index contributed by atoms with van der Waals surface area (Å²) in [7, 11) is 3.20. The van der Waals surface area contributed by atoms with Gasteiger partial charge in [-0.3, -0.25) is 14.8 Å². The lowest BCUT2D eigenvalue weighted by Crippen LogP contribution is -2.28. The van der Waals surface area contributed by atoms with Gasteiger partial charge in [0.1, 0.15) is 11.5 Å². The van der Waals surface area contributed by atoms with Gasteiger partial charge < -0.3 is 9.47 Å². The Morgan fingerprint density at radius 1 is 0.971 bits per heavy atom. The molecule has 3 aromatic carbocycles. The Morgan fingerprint density at radius 2 is 1.65 bits per heavy atom. The fraction of sp³-hybridized carbons (Fsp3) is 0.192. The molecule has 4 aromatic rings. The zero-order valence-corrected chi connectivity index (χ0v) is 19.8. The molecule has 0 atom stereocenters. The largest absolute Gasteiger partial charge is 0.497 e. The molecule has 0 radical (unpaired) electrons. The normalized spacial score (nSPS) is 12.5. The van der Waals surface area contributed by atoms with E-state index in [-0.39, 0.29) is 11.7 Å². The van der Waals surface area contributed by atoms with Gasteiger partial charge in [0.25, 0.3) is 0 Å². The molecule has 2 heterocycles. The lowest BCUT2D eigenvalue weighted by atomic mass is 10.0. The number of carbonyl (C=O) groups excluding carboxylic acids is 1. The van der Waals surface area contributed by atoms with E-state index in [2.05, 4.69) is 27.3 Å². The third-order valence-corrected chi connectivity index (χ3v) is 6.66. The van der Waals surface area contributed by atoms with Crippen molar-refractivity contribution in [2.75, 3.05) is 24.9 Å². The first-order chi connectivity index (χ1) is 16.7. The Labute approximate surface area is 202 Å². The summed E-state index contributed by atoms with van der Waals surface area (Å²) in [6, 6.07) is 21.7. The fourth-order valence-corrected chi connectivity index (χ4v) is 4.81. The average molecular weight is 473 g/mol. The highest BCUT2D eigenvalue weighted by atomic mass is 32.2. The third-order valence-electron chi connectivity index (χ3n) is 5.83. The molecule has 0 bridgehead atoms. The molecule has 0 spiro atoms. The second-order valence-electron chi connectivity index (χ2n) is 7.81. The number of methoxy groups -OCH3 is 2. The SMILES string of the molecule is COc1ccc(-c2nc(SCC(=O)N3c4ccccc4CCc4ccccc43)n[nH]2)c(OC)c1. The number of aromatic amines is 1. The first kappa shape index (κ1) is 22.0. The van der Waals surface area contributed by atoms with Crippen LogP contribution in [0.3, 0.4) is 0 Å². The van der Waals surface area contributed by atoms with Crippen molar-refractivity contribution in [2.24, 2.45) is 0 Å². The van der Waals surface area contributed by atoms with Crippen LogP contribution < -0.4 is 14.4 Å². The van der Waals surface area contributed by atoms with Crippen molar-refractivity contribution >= 4 is 29.0 Å². The number of para-hydroxylation sites is 2. The number of aromatic nitrogens is 3. The van der Waals surface area contributed by atoms with E-state index in [1.165, 1.54) is 22.9 Å². The monoisotopic (exact) mass is 472 g/mol. The molecule has 34 heavy (non-hydrogen) atoms. The fourth-order valence-electron chi connectivity index (χ4n) is 4.16. The van der Waals surface area contributed by atoms with Crippen LogP contribution in [-0.4, -0.2) is 41.1 Å². The number of thioether (sulfide) groups is 1. The Bertz CT molecular complexity index is 1290. The van der Waals surface area contributed by atoms with E-state index >= 15 is 0 Å². The van der Waals surface area contributed by atoms with Crippen LogP contribution in [0.2, 0.25) is 0 Å². The minimum atomic E-state index is -0.0137.